The van der Waals surface area contributed by atoms with E-state index in [0.717, 1.165) is 6.20 Å². The van der Waals surface area contributed by atoms with Crippen LogP contribution in [0.4, 0.5) is 8.78 Å². The van der Waals surface area contributed by atoms with E-state index in [1.807, 2.05) is 0 Å². The Balaban J connectivity index is 2.54. The fraction of sp³-hybridized carbons (Fsp3) is 0.182. The van der Waals surface area contributed by atoms with Crippen LogP contribution in [0, 0.1) is 6.92 Å². The molecule has 0 unspecified atom stereocenters. The number of pyridine rings is 1. The molecule has 0 N–H and O–H groups in total. The highest BCUT2D eigenvalue weighted by atomic mass is 79.9. The number of alkyl halides is 2. The Morgan fingerprint density at radius 2 is 2.25 bits per heavy atom. The fourth-order valence-electron chi connectivity index (χ4n) is 1.56. The molecule has 0 aliphatic heterocycles. The summed E-state index contributed by atoms with van der Waals surface area (Å²) in [6.45, 7) is -1.53. The number of hydrogen-bond acceptors (Lipinski definition) is 5. The molecule has 0 aliphatic rings. The number of imidazole rings is 1. The lowest BCUT2D eigenvalue weighted by Gasteiger charge is -2.11. The highest BCUT2D eigenvalue weighted by molar-refractivity contribution is 9.10. The van der Waals surface area contributed by atoms with Crippen LogP contribution in [0.3, 0.4) is 0 Å². The quantitative estimate of drug-likeness (QED) is 0.833. The molecule has 106 valence electrons. The summed E-state index contributed by atoms with van der Waals surface area (Å²) in [4.78, 5) is 18.4. The van der Waals surface area contributed by atoms with Crippen LogP contribution in [0.5, 0.6) is 5.75 Å². The monoisotopic (exact) mass is 346 g/mol. The van der Waals surface area contributed by atoms with Crippen molar-refractivity contribution in [3.63, 3.8) is 0 Å². The van der Waals surface area contributed by atoms with Gasteiger partial charge in [-0.15, -0.1) is 0 Å². The van der Waals surface area contributed by atoms with E-state index >= 15 is 0 Å². The van der Waals surface area contributed by atoms with E-state index in [0.29, 0.717) is 4.47 Å². The zero-order valence-corrected chi connectivity index (χ0v) is 11.6. The zero-order chi connectivity index (χ0) is 14.9. The van der Waals surface area contributed by atoms with Crippen molar-refractivity contribution in [1.29, 1.82) is 0 Å². The minimum absolute atomic E-state index is 0.00556. The van der Waals surface area contributed by atoms with Crippen molar-refractivity contribution in [3.8, 4) is 11.6 Å². The zero-order valence-electron chi connectivity index (χ0n) is 10.0. The van der Waals surface area contributed by atoms with E-state index in [2.05, 4.69) is 30.6 Å². The Hall–Kier alpha value is -2.03. The second-order valence-corrected chi connectivity index (χ2v) is 4.60. The maximum Gasteiger partial charge on any atom is 0.387 e. The van der Waals surface area contributed by atoms with Gasteiger partial charge in [0.1, 0.15) is 11.5 Å². The van der Waals surface area contributed by atoms with Crippen LogP contribution < -0.4 is 9.84 Å². The van der Waals surface area contributed by atoms with E-state index in [-0.39, 0.29) is 23.1 Å². The third-order valence-electron chi connectivity index (χ3n) is 2.34. The number of hydrogen-bond donors (Lipinski definition) is 0. The normalized spacial score (nSPS) is 10.8. The smallest absolute Gasteiger partial charge is 0.387 e. The first-order valence-corrected chi connectivity index (χ1v) is 6.06. The van der Waals surface area contributed by atoms with Crippen LogP contribution in [0.1, 0.15) is 16.3 Å². The van der Waals surface area contributed by atoms with Gasteiger partial charge >= 0.3 is 6.61 Å². The number of aromatic nitrogens is 3. The maximum absolute atomic E-state index is 12.4. The number of carboxylic acids is 1. The molecule has 6 nitrogen and oxygen atoms in total. The van der Waals surface area contributed by atoms with Crippen LogP contribution in [0.2, 0.25) is 0 Å². The van der Waals surface area contributed by atoms with Crippen molar-refractivity contribution in [3.05, 3.63) is 34.5 Å². The topological polar surface area (TPSA) is 80.1 Å². The molecule has 2 aromatic heterocycles. The summed E-state index contributed by atoms with van der Waals surface area (Å²) in [6.07, 6.45) is 2.49. The van der Waals surface area contributed by atoms with Crippen molar-refractivity contribution in [2.45, 2.75) is 13.5 Å². The molecule has 2 heterocycles. The third-order valence-corrected chi connectivity index (χ3v) is 2.77. The Morgan fingerprint density at radius 1 is 1.55 bits per heavy atom. The van der Waals surface area contributed by atoms with Gasteiger partial charge in [-0.1, -0.05) is 0 Å². The minimum Gasteiger partial charge on any atom is -0.543 e. The summed E-state index contributed by atoms with van der Waals surface area (Å²) in [5.74, 6) is -1.43. The molecule has 0 radical (unpaired) electrons. The molecular weight excluding hydrogens is 340 g/mol. The van der Waals surface area contributed by atoms with Gasteiger partial charge in [0, 0.05) is 22.9 Å². The largest absolute Gasteiger partial charge is 0.543 e. The molecule has 2 rings (SSSR count). The predicted octanol–water partition coefficient (Wildman–Crippen LogP) is 1.30. The minimum atomic E-state index is -3.03. The van der Waals surface area contributed by atoms with Gasteiger partial charge in [-0.2, -0.15) is 8.78 Å². The highest BCUT2D eigenvalue weighted by Gasteiger charge is 2.16. The molecule has 0 fully saturated rings. The van der Waals surface area contributed by atoms with E-state index in [9.17, 15) is 18.7 Å². The van der Waals surface area contributed by atoms with Crippen LogP contribution in [0.25, 0.3) is 5.82 Å². The summed E-state index contributed by atoms with van der Waals surface area (Å²) in [5, 5.41) is 10.7. The number of nitrogens with zero attached hydrogens (tertiary/aromatic N) is 3. The molecule has 9 heteroatoms. The number of aryl methyl sites for hydroxylation is 1. The Morgan fingerprint density at radius 3 is 2.80 bits per heavy atom. The molecule has 0 bridgehead atoms. The van der Waals surface area contributed by atoms with Gasteiger partial charge in [0.2, 0.25) is 0 Å². The fourth-order valence-corrected chi connectivity index (χ4v) is 1.87. The first-order valence-electron chi connectivity index (χ1n) is 5.26. The van der Waals surface area contributed by atoms with E-state index in [4.69, 9.17) is 0 Å². The second kappa shape index (κ2) is 5.53. The predicted molar refractivity (Wildman–Crippen MR) is 64.8 cm³/mol. The number of carboxylic acid groups (broad SMARTS) is 1. The molecule has 0 aromatic carbocycles. The average molecular weight is 347 g/mol. The van der Waals surface area contributed by atoms with Crippen molar-refractivity contribution in [1.82, 2.24) is 14.5 Å². The van der Waals surface area contributed by atoms with Crippen LogP contribution >= 0.6 is 15.9 Å². The molecule has 0 amide bonds. The van der Waals surface area contributed by atoms with Crippen molar-refractivity contribution < 1.29 is 23.4 Å². The summed E-state index contributed by atoms with van der Waals surface area (Å²) in [5.41, 5.74) is -0.324. The molecular formula is C11H7BrF2N3O3-. The first kappa shape index (κ1) is 14.4. The number of rotatable bonds is 4. The van der Waals surface area contributed by atoms with Crippen LogP contribution in [0.15, 0.2) is 22.9 Å². The molecule has 20 heavy (non-hydrogen) atoms. The van der Waals surface area contributed by atoms with Gasteiger partial charge in [0.05, 0.1) is 5.97 Å². The molecule has 2 aromatic rings. The van der Waals surface area contributed by atoms with E-state index < -0.39 is 12.6 Å². The van der Waals surface area contributed by atoms with Crippen LogP contribution in [-0.4, -0.2) is 27.1 Å². The molecule has 0 saturated heterocycles. The lowest BCUT2D eigenvalue weighted by atomic mass is 10.4. The van der Waals surface area contributed by atoms with Gasteiger partial charge in [-0.3, -0.25) is 4.57 Å². The number of carbonyl (C=O) groups is 1. The summed E-state index contributed by atoms with van der Waals surface area (Å²) >= 11 is 3.09. The van der Waals surface area contributed by atoms with Gasteiger partial charge in [0.15, 0.2) is 11.6 Å². The summed E-state index contributed by atoms with van der Waals surface area (Å²) < 4.78 is 30.8. The van der Waals surface area contributed by atoms with E-state index in [1.165, 1.54) is 23.8 Å². The maximum atomic E-state index is 12.4. The lowest BCUT2D eigenvalue weighted by molar-refractivity contribution is -0.255. The number of ether oxygens (including phenoxy) is 1. The van der Waals surface area contributed by atoms with Gasteiger partial charge in [-0.05, 0) is 22.9 Å². The summed E-state index contributed by atoms with van der Waals surface area (Å²) in [7, 11) is 0. The van der Waals surface area contributed by atoms with E-state index in [1.54, 1.807) is 0 Å². The Bertz CT molecular complexity index is 660. The molecule has 0 atom stereocenters. The van der Waals surface area contributed by atoms with Gasteiger partial charge < -0.3 is 14.6 Å². The second-order valence-electron chi connectivity index (χ2n) is 3.68. The Labute approximate surface area is 120 Å². The van der Waals surface area contributed by atoms with Crippen molar-refractivity contribution >= 4 is 21.9 Å². The van der Waals surface area contributed by atoms with Gasteiger partial charge in [-0.25, -0.2) is 9.97 Å². The van der Waals surface area contributed by atoms with Crippen molar-refractivity contribution in [2.75, 3.05) is 0 Å². The SMILES string of the molecule is Cc1nc(C(=O)[O-])cn1-c1ncc(Br)cc1OC(F)F. The Kier molecular flexibility index (Phi) is 3.98. The number of halogens is 3. The van der Waals surface area contributed by atoms with Gasteiger partial charge in [0.25, 0.3) is 0 Å². The average Bonchev–Trinajstić information content (AvgIpc) is 2.71. The number of carbonyl (C=O) groups excluding carboxylic acids is 1. The standard InChI is InChI=1S/C11H8BrF2N3O3/c1-5-16-7(10(18)19)4-17(5)9-8(20-11(13)14)2-6(12)3-15-9/h2-4,11H,1H3,(H,18,19)/p-1. The molecule has 0 saturated carbocycles. The summed E-state index contributed by atoms with van der Waals surface area (Å²) in [6, 6.07) is 1.30. The van der Waals surface area contributed by atoms with Crippen LogP contribution in [-0.2, 0) is 0 Å². The lowest BCUT2D eigenvalue weighted by Crippen LogP contribution is -2.22. The highest BCUT2D eigenvalue weighted by Crippen LogP contribution is 2.27. The molecule has 0 aliphatic carbocycles. The molecule has 0 spiro atoms. The number of aromatic carboxylic acids is 1. The van der Waals surface area contributed by atoms with Crippen molar-refractivity contribution in [2.24, 2.45) is 0 Å². The third kappa shape index (κ3) is 2.93. The first-order chi connectivity index (χ1) is 9.38.